The number of aliphatic hydroxyl groups is 1. The van der Waals surface area contributed by atoms with Gasteiger partial charge in [-0.05, 0) is 23.1 Å². The summed E-state index contributed by atoms with van der Waals surface area (Å²) in [5.74, 6) is 0. The number of halogens is 1. The van der Waals surface area contributed by atoms with Gasteiger partial charge in [0.05, 0.1) is 11.8 Å². The van der Waals surface area contributed by atoms with E-state index in [-0.39, 0.29) is 0 Å². The fraction of sp³-hybridized carbons (Fsp3) is 0.160. The first-order valence-corrected chi connectivity index (χ1v) is 9.77. The highest BCUT2D eigenvalue weighted by atomic mass is 19.1. The second-order valence-corrected chi connectivity index (χ2v) is 7.04. The van der Waals surface area contributed by atoms with Crippen molar-refractivity contribution in [2.75, 3.05) is 0 Å². The fourth-order valence-electron chi connectivity index (χ4n) is 3.94. The van der Waals surface area contributed by atoms with Crippen LogP contribution in [0.25, 0.3) is 0 Å². The first kappa shape index (κ1) is 19.1. The number of aliphatic hydroxyl groups excluding tert-OH is 1. The highest BCUT2D eigenvalue weighted by Gasteiger charge is 2.40. The summed E-state index contributed by atoms with van der Waals surface area (Å²) >= 11 is 0. The lowest BCUT2D eigenvalue weighted by Crippen LogP contribution is -2.38. The SMILES string of the molecule is CCC(O)c1cn(C(c2ccccc2)(c2ccccc2)c2ccccc2)c(F)n1. The predicted octanol–water partition coefficient (Wildman–Crippen LogP) is 5.31. The topological polar surface area (TPSA) is 38.0 Å². The van der Waals surface area contributed by atoms with E-state index in [1.54, 1.807) is 10.8 Å². The van der Waals surface area contributed by atoms with Gasteiger partial charge in [0, 0.05) is 6.20 Å². The second kappa shape index (κ2) is 8.02. The molecule has 4 aromatic rings. The lowest BCUT2D eigenvalue weighted by Gasteiger charge is -2.37. The molecule has 0 radical (unpaired) electrons. The summed E-state index contributed by atoms with van der Waals surface area (Å²) in [5.41, 5.74) is 2.09. The molecule has 4 rings (SSSR count). The Morgan fingerprint density at radius 3 is 1.62 bits per heavy atom. The van der Waals surface area contributed by atoms with E-state index >= 15 is 4.39 Å². The Morgan fingerprint density at radius 2 is 1.24 bits per heavy atom. The molecule has 0 amide bonds. The number of hydrogen-bond donors (Lipinski definition) is 1. The van der Waals surface area contributed by atoms with E-state index in [1.807, 2.05) is 97.9 Å². The number of rotatable bonds is 6. The van der Waals surface area contributed by atoms with Gasteiger partial charge in [-0.3, -0.25) is 4.57 Å². The molecule has 0 fully saturated rings. The molecule has 0 bridgehead atoms. The maximum absolute atomic E-state index is 15.4. The predicted molar refractivity (Wildman–Crippen MR) is 112 cm³/mol. The van der Waals surface area contributed by atoms with Crippen molar-refractivity contribution < 1.29 is 9.50 Å². The van der Waals surface area contributed by atoms with Crippen LogP contribution in [0, 0.1) is 6.08 Å². The van der Waals surface area contributed by atoms with E-state index in [1.165, 1.54) is 0 Å². The zero-order valence-corrected chi connectivity index (χ0v) is 16.2. The van der Waals surface area contributed by atoms with Crippen molar-refractivity contribution in [1.29, 1.82) is 0 Å². The molecule has 1 atom stereocenters. The maximum Gasteiger partial charge on any atom is 0.290 e. The van der Waals surface area contributed by atoms with Crippen LogP contribution >= 0.6 is 0 Å². The molecule has 4 heteroatoms. The van der Waals surface area contributed by atoms with Gasteiger partial charge >= 0.3 is 0 Å². The van der Waals surface area contributed by atoms with Crippen molar-refractivity contribution in [3.05, 3.63) is 126 Å². The first-order chi connectivity index (χ1) is 14.2. The first-order valence-electron chi connectivity index (χ1n) is 9.77. The van der Waals surface area contributed by atoms with Crippen molar-refractivity contribution in [2.45, 2.75) is 25.0 Å². The Hall–Kier alpha value is -3.24. The summed E-state index contributed by atoms with van der Waals surface area (Å²) in [5, 5.41) is 10.3. The molecule has 0 saturated heterocycles. The summed E-state index contributed by atoms with van der Waals surface area (Å²) < 4.78 is 16.9. The van der Waals surface area contributed by atoms with E-state index in [0.717, 1.165) is 16.7 Å². The molecule has 0 aliphatic heterocycles. The highest BCUT2D eigenvalue weighted by molar-refractivity contribution is 5.50. The summed E-state index contributed by atoms with van der Waals surface area (Å²) in [4.78, 5) is 4.07. The monoisotopic (exact) mass is 386 g/mol. The number of imidazole rings is 1. The fourth-order valence-corrected chi connectivity index (χ4v) is 3.94. The molecule has 3 nitrogen and oxygen atoms in total. The third-order valence-electron chi connectivity index (χ3n) is 5.35. The Balaban J connectivity index is 2.11. The van der Waals surface area contributed by atoms with Crippen LogP contribution in [0.15, 0.2) is 97.2 Å². The lowest BCUT2D eigenvalue weighted by atomic mass is 9.76. The molecular weight excluding hydrogens is 363 g/mol. The molecule has 146 valence electrons. The molecule has 1 heterocycles. The largest absolute Gasteiger partial charge is 0.387 e. The Kier molecular flexibility index (Phi) is 5.28. The Bertz CT molecular complexity index is 965. The second-order valence-electron chi connectivity index (χ2n) is 7.04. The van der Waals surface area contributed by atoms with Crippen LogP contribution in [-0.4, -0.2) is 14.7 Å². The highest BCUT2D eigenvalue weighted by Crippen LogP contribution is 2.41. The minimum Gasteiger partial charge on any atom is -0.387 e. The molecule has 1 N–H and O–H groups in total. The van der Waals surface area contributed by atoms with E-state index < -0.39 is 17.7 Å². The smallest absolute Gasteiger partial charge is 0.290 e. The molecule has 1 unspecified atom stereocenters. The van der Waals surface area contributed by atoms with Crippen LogP contribution in [0.1, 0.15) is 41.8 Å². The number of benzene rings is 3. The maximum atomic E-state index is 15.4. The van der Waals surface area contributed by atoms with Crippen LogP contribution < -0.4 is 0 Å². The quantitative estimate of drug-likeness (QED) is 0.456. The van der Waals surface area contributed by atoms with Crippen molar-refractivity contribution in [3.8, 4) is 0 Å². The molecule has 29 heavy (non-hydrogen) atoms. The van der Waals surface area contributed by atoms with Gasteiger partial charge in [0.25, 0.3) is 6.08 Å². The van der Waals surface area contributed by atoms with Gasteiger partial charge in [-0.15, -0.1) is 0 Å². The third-order valence-corrected chi connectivity index (χ3v) is 5.35. The van der Waals surface area contributed by atoms with Crippen LogP contribution in [0.4, 0.5) is 4.39 Å². The Morgan fingerprint density at radius 1 is 0.828 bits per heavy atom. The van der Waals surface area contributed by atoms with Crippen LogP contribution in [-0.2, 0) is 5.54 Å². The summed E-state index contributed by atoms with van der Waals surface area (Å²) in [6.07, 6.45) is 0.650. The van der Waals surface area contributed by atoms with Crippen molar-refractivity contribution in [3.63, 3.8) is 0 Å². The van der Waals surface area contributed by atoms with Gasteiger partial charge in [0.15, 0.2) is 0 Å². The van der Waals surface area contributed by atoms with E-state index in [2.05, 4.69) is 4.98 Å². The molecule has 3 aromatic carbocycles. The lowest BCUT2D eigenvalue weighted by molar-refractivity contribution is 0.168. The summed E-state index contributed by atoms with van der Waals surface area (Å²) in [6, 6.07) is 29.5. The molecule has 0 spiro atoms. The van der Waals surface area contributed by atoms with E-state index in [4.69, 9.17) is 0 Å². The van der Waals surface area contributed by atoms with E-state index in [0.29, 0.717) is 12.1 Å². The van der Waals surface area contributed by atoms with Crippen molar-refractivity contribution in [1.82, 2.24) is 9.55 Å². The van der Waals surface area contributed by atoms with Gasteiger partial charge in [-0.25, -0.2) is 4.98 Å². The zero-order valence-electron chi connectivity index (χ0n) is 16.2. The molecule has 1 aromatic heterocycles. The van der Waals surface area contributed by atoms with Crippen molar-refractivity contribution in [2.24, 2.45) is 0 Å². The van der Waals surface area contributed by atoms with Crippen LogP contribution in [0.3, 0.4) is 0 Å². The molecule has 0 aliphatic carbocycles. The average Bonchev–Trinajstić information content (AvgIpc) is 3.18. The average molecular weight is 386 g/mol. The molecule has 0 aliphatic rings. The van der Waals surface area contributed by atoms with Gasteiger partial charge < -0.3 is 5.11 Å². The molecule has 0 saturated carbocycles. The number of hydrogen-bond acceptors (Lipinski definition) is 2. The summed E-state index contributed by atoms with van der Waals surface area (Å²) in [6.45, 7) is 1.85. The van der Waals surface area contributed by atoms with E-state index in [9.17, 15) is 5.11 Å². The minimum absolute atomic E-state index is 0.331. The number of aromatic nitrogens is 2. The number of nitrogens with zero attached hydrogens (tertiary/aromatic N) is 2. The van der Waals surface area contributed by atoms with Gasteiger partial charge in [-0.2, -0.15) is 4.39 Å². The van der Waals surface area contributed by atoms with Crippen LogP contribution in [0.2, 0.25) is 0 Å². The van der Waals surface area contributed by atoms with Crippen LogP contribution in [0.5, 0.6) is 0 Å². The minimum atomic E-state index is -0.966. The van der Waals surface area contributed by atoms with Gasteiger partial charge in [0.1, 0.15) is 5.54 Å². The Labute approximate surface area is 170 Å². The standard InChI is InChI=1S/C25H23FN2O/c1-2-23(29)22-18-28(24(26)27-22)25(19-12-6-3-7-13-19,20-14-8-4-9-15-20)21-16-10-5-11-17-21/h3-18,23,29H,2H2,1H3. The van der Waals surface area contributed by atoms with Crippen molar-refractivity contribution >= 4 is 0 Å². The summed E-state index contributed by atoms with van der Waals surface area (Å²) in [7, 11) is 0. The molecular formula is C25H23FN2O. The normalized spacial score (nSPS) is 12.7. The zero-order chi connectivity index (χ0) is 20.3. The van der Waals surface area contributed by atoms with Gasteiger partial charge in [0.2, 0.25) is 0 Å². The van der Waals surface area contributed by atoms with Gasteiger partial charge in [-0.1, -0.05) is 97.9 Å². The third kappa shape index (κ3) is 3.26.